The number of allylic oxidation sites excluding steroid dienone is 7. The Morgan fingerprint density at radius 3 is 1.54 bits per heavy atom. The maximum atomic E-state index is 4.35. The minimum absolute atomic E-state index is 0.988. The summed E-state index contributed by atoms with van der Waals surface area (Å²) < 4.78 is 1.15. The van der Waals surface area contributed by atoms with Crippen LogP contribution in [0.2, 0.25) is 0 Å². The highest BCUT2D eigenvalue weighted by Crippen LogP contribution is 2.63. The quantitative estimate of drug-likeness (QED) is 0.152. The van der Waals surface area contributed by atoms with Gasteiger partial charge in [0.05, 0.1) is 0 Å². The largest absolute Gasteiger partial charge is 0.0795 e. The van der Waals surface area contributed by atoms with Crippen molar-refractivity contribution in [2.45, 2.75) is 12.8 Å². The Labute approximate surface area is 364 Å². The van der Waals surface area contributed by atoms with E-state index in [1.807, 2.05) is 0 Å². The lowest BCUT2D eigenvalue weighted by Gasteiger charge is -2.18. The second-order valence-corrected chi connectivity index (χ2v) is 17.6. The first-order valence-electron chi connectivity index (χ1n) is 21.3. The summed E-state index contributed by atoms with van der Waals surface area (Å²) in [5.74, 6) is 0. The fourth-order valence-corrected chi connectivity index (χ4v) is 11.3. The molecule has 0 amide bonds. The van der Waals surface area contributed by atoms with Gasteiger partial charge in [-0.1, -0.05) is 170 Å². The second-order valence-electron chi connectivity index (χ2n) is 16.8. The molecule has 0 N–H and O–H groups in total. The molecule has 0 radical (unpaired) electrons. The molecule has 4 aliphatic carbocycles. The molecule has 61 heavy (non-hydrogen) atoms. The molecule has 13 rings (SSSR count). The van der Waals surface area contributed by atoms with Gasteiger partial charge in [-0.15, -0.1) is 0 Å². The van der Waals surface area contributed by atoms with Crippen LogP contribution in [-0.2, 0) is 12.8 Å². The third-order valence-electron chi connectivity index (χ3n) is 13.5. The van der Waals surface area contributed by atoms with Crippen LogP contribution < -0.4 is 0 Å². The Kier molecular flexibility index (Phi) is 7.68. The van der Waals surface area contributed by atoms with E-state index >= 15 is 0 Å². The maximum Gasteiger partial charge on any atom is 0.0339 e. The van der Waals surface area contributed by atoms with Gasteiger partial charge in [0.2, 0.25) is 0 Å². The minimum atomic E-state index is 0.988. The maximum absolute atomic E-state index is 4.35. The molecular formula is C60H37Br. The van der Waals surface area contributed by atoms with Gasteiger partial charge >= 0.3 is 0 Å². The molecular weight excluding hydrogens is 801 g/mol. The number of rotatable bonds is 5. The fraction of sp³-hybridized carbons (Fsp3) is 0.0333. The Morgan fingerprint density at radius 1 is 0.311 bits per heavy atom. The van der Waals surface area contributed by atoms with Crippen molar-refractivity contribution >= 4 is 87.2 Å². The molecule has 0 bridgehead atoms. The topological polar surface area (TPSA) is 0 Å². The Bertz CT molecular complexity index is 3550. The van der Waals surface area contributed by atoms with E-state index in [4.69, 9.17) is 0 Å². The number of halogens is 1. The van der Waals surface area contributed by atoms with Gasteiger partial charge in [-0.3, -0.25) is 0 Å². The Balaban J connectivity index is 1.11. The van der Waals surface area contributed by atoms with Gasteiger partial charge in [0, 0.05) is 10.1 Å². The molecule has 0 saturated carbocycles. The van der Waals surface area contributed by atoms with Gasteiger partial charge in [0.15, 0.2) is 0 Å². The lowest BCUT2D eigenvalue weighted by Crippen LogP contribution is -1.96. The lowest BCUT2D eigenvalue weighted by molar-refractivity contribution is 1.30. The summed E-state index contributed by atoms with van der Waals surface area (Å²) in [6.45, 7) is 0. The van der Waals surface area contributed by atoms with Gasteiger partial charge in [-0.2, -0.15) is 0 Å². The summed E-state index contributed by atoms with van der Waals surface area (Å²) in [7, 11) is 0. The van der Waals surface area contributed by atoms with Crippen molar-refractivity contribution in [1.29, 1.82) is 0 Å². The van der Waals surface area contributed by atoms with Crippen LogP contribution in [0.1, 0.15) is 50.1 Å². The van der Waals surface area contributed by atoms with E-state index in [1.165, 1.54) is 133 Å². The zero-order valence-corrected chi connectivity index (χ0v) is 34.9. The number of hydrogen-bond acceptors (Lipinski definition) is 0. The highest BCUT2D eigenvalue weighted by molar-refractivity contribution is 9.15. The minimum Gasteiger partial charge on any atom is -0.0795 e. The summed E-state index contributed by atoms with van der Waals surface area (Å²) in [5.41, 5.74) is 22.9. The third-order valence-corrected chi connectivity index (χ3v) is 14.3. The van der Waals surface area contributed by atoms with Crippen LogP contribution in [-0.4, -0.2) is 0 Å². The van der Waals surface area contributed by atoms with Crippen molar-refractivity contribution in [3.8, 4) is 22.3 Å². The van der Waals surface area contributed by atoms with Crippen LogP contribution in [0.3, 0.4) is 0 Å². The molecule has 9 aromatic carbocycles. The molecule has 0 aromatic heterocycles. The standard InChI is InChI=1S/C60H37Br/c61-60-54-35-51(38-11-3-1-4-12-38)52(44-24-23-40-28-29-48-47-20-8-7-13-39(47)27-30-49(48)50(40)33-44)34-53(54)58-55(41-14-5-2-6-15-41)56(45-25-21-36-16-9-18-42(36)31-45)57(59(58)60)46-26-22-37-17-10-19-43(37)32-46/h1-15,18-35H,16-17H2. The second kappa shape index (κ2) is 13.5. The van der Waals surface area contributed by atoms with E-state index in [-0.39, 0.29) is 0 Å². The van der Waals surface area contributed by atoms with Crippen molar-refractivity contribution in [3.63, 3.8) is 0 Å². The SMILES string of the molecule is BrC1=C2C(c3ccc4c(c3)C=CC4)=C(c3ccc4c(c3)C=CC4)C(c3ccccc3)=C2c2cc(-c3ccc4ccc5c6ccccc6ccc5c4c3)c(-c3ccccc3)cc21. The molecule has 0 aliphatic heterocycles. The van der Waals surface area contributed by atoms with Gasteiger partial charge in [0.1, 0.15) is 0 Å². The van der Waals surface area contributed by atoms with E-state index in [9.17, 15) is 0 Å². The van der Waals surface area contributed by atoms with Crippen molar-refractivity contribution in [2.24, 2.45) is 0 Å². The van der Waals surface area contributed by atoms with Crippen LogP contribution in [0.15, 0.2) is 194 Å². The summed E-state index contributed by atoms with van der Waals surface area (Å²) in [6.07, 6.45) is 11.1. The zero-order valence-electron chi connectivity index (χ0n) is 33.3. The van der Waals surface area contributed by atoms with E-state index in [1.54, 1.807) is 0 Å². The molecule has 0 heterocycles. The van der Waals surface area contributed by atoms with Crippen molar-refractivity contribution in [1.82, 2.24) is 0 Å². The summed E-state index contributed by atoms with van der Waals surface area (Å²) in [6, 6.07) is 66.2. The number of hydrogen-bond donors (Lipinski definition) is 0. The van der Waals surface area contributed by atoms with Crippen molar-refractivity contribution in [2.75, 3.05) is 0 Å². The lowest BCUT2D eigenvalue weighted by atomic mass is 9.85. The number of fused-ring (bicyclic) bond motifs is 10. The van der Waals surface area contributed by atoms with Gasteiger partial charge in [0.25, 0.3) is 0 Å². The van der Waals surface area contributed by atoms with Gasteiger partial charge in [-0.25, -0.2) is 0 Å². The molecule has 0 unspecified atom stereocenters. The average molecular weight is 838 g/mol. The molecule has 0 nitrogen and oxygen atoms in total. The van der Waals surface area contributed by atoms with E-state index in [0.717, 1.165) is 17.3 Å². The van der Waals surface area contributed by atoms with Crippen LogP contribution in [0, 0.1) is 0 Å². The average Bonchev–Trinajstić information content (AvgIpc) is 4.12. The molecule has 0 fully saturated rings. The smallest absolute Gasteiger partial charge is 0.0339 e. The molecule has 0 atom stereocenters. The molecule has 1 heteroatoms. The Morgan fingerprint density at radius 2 is 0.836 bits per heavy atom. The molecule has 0 spiro atoms. The normalized spacial score (nSPS) is 14.8. The highest BCUT2D eigenvalue weighted by atomic mass is 79.9. The van der Waals surface area contributed by atoms with Crippen LogP contribution in [0.4, 0.5) is 0 Å². The summed E-state index contributed by atoms with van der Waals surface area (Å²) in [4.78, 5) is 0. The van der Waals surface area contributed by atoms with Crippen LogP contribution in [0.25, 0.3) is 93.5 Å². The molecule has 284 valence electrons. The van der Waals surface area contributed by atoms with E-state index in [2.05, 4.69) is 216 Å². The van der Waals surface area contributed by atoms with Crippen molar-refractivity contribution < 1.29 is 0 Å². The molecule has 4 aliphatic rings. The van der Waals surface area contributed by atoms with E-state index < -0.39 is 0 Å². The summed E-state index contributed by atoms with van der Waals surface area (Å²) in [5, 5.41) is 7.65. The van der Waals surface area contributed by atoms with Crippen LogP contribution in [0.5, 0.6) is 0 Å². The fourth-order valence-electron chi connectivity index (χ4n) is 10.6. The third kappa shape index (κ3) is 5.30. The predicted molar refractivity (Wildman–Crippen MR) is 264 cm³/mol. The number of benzene rings is 9. The first-order valence-corrected chi connectivity index (χ1v) is 22.1. The van der Waals surface area contributed by atoms with Gasteiger partial charge < -0.3 is 0 Å². The Hall–Kier alpha value is -7.06. The van der Waals surface area contributed by atoms with Crippen molar-refractivity contribution in [3.05, 3.63) is 244 Å². The van der Waals surface area contributed by atoms with Gasteiger partial charge in [-0.05, 0) is 186 Å². The highest BCUT2D eigenvalue weighted by Gasteiger charge is 2.40. The first kappa shape index (κ1) is 34.8. The molecule has 9 aromatic rings. The monoisotopic (exact) mass is 836 g/mol. The summed E-state index contributed by atoms with van der Waals surface area (Å²) >= 11 is 4.35. The molecule has 0 saturated heterocycles. The van der Waals surface area contributed by atoms with E-state index in [0.29, 0.717) is 0 Å². The zero-order chi connectivity index (χ0) is 40.2. The van der Waals surface area contributed by atoms with Crippen LogP contribution >= 0.6 is 15.9 Å². The first-order chi connectivity index (χ1) is 30.2. The predicted octanol–water partition coefficient (Wildman–Crippen LogP) is 16.3.